The van der Waals surface area contributed by atoms with Crippen molar-refractivity contribution in [3.63, 3.8) is 0 Å². The first-order valence-corrected chi connectivity index (χ1v) is 19.9. The highest BCUT2D eigenvalue weighted by atomic mass is 28.3. The standard InChI is InChI=1S/C42H58FO2Si/c1-29(15-13-14-26-44)34-20-21-35-38-36(23-25-42(34,35)6)41(5)24-22-33(27-32(41)28-37(38)43)45-46(40(2,3)4)39(30-16-9-7-10-17-30)31-18-11-8-12-19-31/h7-12,16-19,26,29,32-36,39H,13-15,20-25,27-28H2,1-6H3/t29-,32-,33+,34-,35+,36+,41+,42-/m1/s1. The lowest BCUT2D eigenvalue weighted by Crippen LogP contribution is -2.52. The third-order valence-corrected chi connectivity index (χ3v) is 16.6. The van der Waals surface area contributed by atoms with Gasteiger partial charge in [-0.1, -0.05) is 109 Å². The molecule has 3 fully saturated rings. The molecule has 0 N–H and O–H groups in total. The summed E-state index contributed by atoms with van der Waals surface area (Å²) in [6.07, 6.45) is 12.5. The fraction of sp³-hybridized carbons (Fsp3) is 0.643. The maximum absolute atomic E-state index is 16.6. The van der Waals surface area contributed by atoms with Gasteiger partial charge in [-0.3, -0.25) is 0 Å². The summed E-state index contributed by atoms with van der Waals surface area (Å²) >= 11 is 0. The van der Waals surface area contributed by atoms with Crippen molar-refractivity contribution >= 4 is 15.3 Å². The van der Waals surface area contributed by atoms with Crippen molar-refractivity contribution < 1.29 is 13.6 Å². The molecule has 0 aliphatic heterocycles. The van der Waals surface area contributed by atoms with Gasteiger partial charge in [-0.15, -0.1) is 0 Å². The SMILES string of the molecule is C[C@H](CCCC=O)[C@H]1CC[C@H]2C3=C(F)C[C@H]4C[C@@H](O[Si](C(c5ccccc5)c5ccccc5)C(C)(C)C)CC[C@]4(C)[C@H]3CC[C@]12C. The molecule has 6 rings (SSSR count). The van der Waals surface area contributed by atoms with Crippen molar-refractivity contribution in [1.82, 2.24) is 0 Å². The summed E-state index contributed by atoms with van der Waals surface area (Å²) < 4.78 is 24.0. The minimum absolute atomic E-state index is 0.0316. The molecule has 249 valence electrons. The third kappa shape index (κ3) is 6.27. The van der Waals surface area contributed by atoms with Crippen molar-refractivity contribution in [2.24, 2.45) is 40.4 Å². The van der Waals surface area contributed by atoms with Gasteiger partial charge in [-0.25, -0.2) is 4.39 Å². The zero-order valence-corrected chi connectivity index (χ0v) is 30.4. The van der Waals surface area contributed by atoms with E-state index in [4.69, 9.17) is 4.43 Å². The maximum Gasteiger partial charge on any atom is 0.229 e. The lowest BCUT2D eigenvalue weighted by atomic mass is 9.47. The van der Waals surface area contributed by atoms with E-state index < -0.39 is 9.04 Å². The number of hydrogen-bond acceptors (Lipinski definition) is 2. The molecule has 46 heavy (non-hydrogen) atoms. The van der Waals surface area contributed by atoms with Crippen LogP contribution in [0.4, 0.5) is 4.39 Å². The minimum atomic E-state index is -1.36. The highest BCUT2D eigenvalue weighted by Gasteiger charge is 2.60. The van der Waals surface area contributed by atoms with Crippen LogP contribution in [0, 0.1) is 40.4 Å². The van der Waals surface area contributed by atoms with Gasteiger partial charge in [0.1, 0.15) is 12.1 Å². The lowest BCUT2D eigenvalue weighted by Gasteiger charge is -2.58. The topological polar surface area (TPSA) is 26.3 Å². The first-order chi connectivity index (χ1) is 22.0. The van der Waals surface area contributed by atoms with E-state index in [2.05, 4.69) is 102 Å². The molecule has 2 aromatic carbocycles. The number of benzene rings is 2. The van der Waals surface area contributed by atoms with E-state index in [0.29, 0.717) is 42.4 Å². The van der Waals surface area contributed by atoms with E-state index in [-0.39, 0.29) is 33.3 Å². The Morgan fingerprint density at radius 1 is 0.913 bits per heavy atom. The second kappa shape index (κ2) is 13.5. The largest absolute Gasteiger partial charge is 0.412 e. The molecule has 1 radical (unpaired) electrons. The number of allylic oxidation sites excluding steroid dienone is 2. The fourth-order valence-corrected chi connectivity index (χ4v) is 13.9. The Labute approximate surface area is 280 Å². The molecule has 0 amide bonds. The first-order valence-electron chi connectivity index (χ1n) is 18.4. The van der Waals surface area contributed by atoms with Crippen molar-refractivity contribution in [3.8, 4) is 0 Å². The van der Waals surface area contributed by atoms with E-state index >= 15 is 4.39 Å². The minimum Gasteiger partial charge on any atom is -0.412 e. The van der Waals surface area contributed by atoms with Gasteiger partial charge in [0, 0.05) is 24.5 Å². The first kappa shape index (κ1) is 33.8. The van der Waals surface area contributed by atoms with Crippen LogP contribution in [0.5, 0.6) is 0 Å². The van der Waals surface area contributed by atoms with Gasteiger partial charge in [0.25, 0.3) is 0 Å². The molecule has 8 atom stereocenters. The second-order valence-corrected chi connectivity index (χ2v) is 20.1. The molecular weight excluding hydrogens is 584 g/mol. The second-order valence-electron chi connectivity index (χ2n) is 17.1. The van der Waals surface area contributed by atoms with Crippen LogP contribution in [0.1, 0.15) is 129 Å². The molecular formula is C42H58FO2Si. The molecule has 4 aliphatic carbocycles. The fourth-order valence-electron chi connectivity index (χ4n) is 11.0. The number of hydrogen-bond donors (Lipinski definition) is 0. The summed E-state index contributed by atoms with van der Waals surface area (Å²) in [6.45, 7) is 14.5. The number of fused-ring (bicyclic) bond motifs is 5. The van der Waals surface area contributed by atoms with Crippen molar-refractivity contribution in [3.05, 3.63) is 83.2 Å². The van der Waals surface area contributed by atoms with Gasteiger partial charge in [0.15, 0.2) is 0 Å². The van der Waals surface area contributed by atoms with Gasteiger partial charge in [-0.05, 0) is 114 Å². The molecule has 0 unspecified atom stereocenters. The molecule has 2 nitrogen and oxygen atoms in total. The van der Waals surface area contributed by atoms with Gasteiger partial charge in [0.05, 0.1) is 0 Å². The van der Waals surface area contributed by atoms with Gasteiger partial charge in [-0.2, -0.15) is 0 Å². The molecule has 4 heteroatoms. The van der Waals surface area contributed by atoms with Crippen LogP contribution in [0.25, 0.3) is 0 Å². The smallest absolute Gasteiger partial charge is 0.229 e. The van der Waals surface area contributed by atoms with E-state index in [1.54, 1.807) is 0 Å². The zero-order chi connectivity index (χ0) is 32.7. The number of rotatable bonds is 10. The molecule has 2 aromatic rings. The molecule has 0 aromatic heterocycles. The highest BCUT2D eigenvalue weighted by Crippen LogP contribution is 2.68. The summed E-state index contributed by atoms with van der Waals surface area (Å²) in [7, 11) is -1.36. The van der Waals surface area contributed by atoms with Gasteiger partial charge < -0.3 is 9.22 Å². The normalized spacial score (nSPS) is 33.5. The molecule has 4 aliphatic rings. The monoisotopic (exact) mass is 641 g/mol. The van der Waals surface area contributed by atoms with Gasteiger partial charge in [0.2, 0.25) is 9.04 Å². The summed E-state index contributed by atoms with van der Waals surface area (Å²) in [5.41, 5.74) is 4.51. The van der Waals surface area contributed by atoms with Crippen LogP contribution in [-0.2, 0) is 9.22 Å². The van der Waals surface area contributed by atoms with Crippen LogP contribution in [0.2, 0.25) is 5.04 Å². The number of unbranched alkanes of at least 4 members (excludes halogenated alkanes) is 1. The predicted molar refractivity (Wildman–Crippen MR) is 189 cm³/mol. The quantitative estimate of drug-likeness (QED) is 0.147. The Kier molecular flexibility index (Phi) is 9.90. The predicted octanol–water partition coefficient (Wildman–Crippen LogP) is 11.4. The van der Waals surface area contributed by atoms with E-state index in [0.717, 1.165) is 51.2 Å². The molecule has 0 heterocycles. The lowest BCUT2D eigenvalue weighted by molar-refractivity contribution is -0.108. The average Bonchev–Trinajstić information content (AvgIpc) is 3.39. The number of carbonyl (C=O) groups excluding carboxylic acids is 1. The molecule has 0 spiro atoms. The summed E-state index contributed by atoms with van der Waals surface area (Å²) in [6, 6.07) is 21.9. The Morgan fingerprint density at radius 2 is 1.52 bits per heavy atom. The Balaban J connectivity index is 1.23. The summed E-state index contributed by atoms with van der Waals surface area (Å²) in [5, 5.41) is 0.0316. The van der Waals surface area contributed by atoms with Crippen molar-refractivity contribution in [2.45, 2.75) is 129 Å². The van der Waals surface area contributed by atoms with Crippen LogP contribution >= 0.6 is 0 Å². The van der Waals surface area contributed by atoms with E-state index in [1.165, 1.54) is 29.5 Å². The Hall–Kier alpha value is -2.04. The highest BCUT2D eigenvalue weighted by molar-refractivity contribution is 6.58. The molecule has 3 saturated carbocycles. The summed E-state index contributed by atoms with van der Waals surface area (Å²) in [5.74, 6) is 2.60. The number of halogens is 1. The Bertz CT molecular complexity index is 1330. The zero-order valence-electron chi connectivity index (χ0n) is 29.4. The maximum atomic E-state index is 16.6. The van der Waals surface area contributed by atoms with Crippen molar-refractivity contribution in [1.29, 1.82) is 0 Å². The van der Waals surface area contributed by atoms with Gasteiger partial charge >= 0.3 is 0 Å². The average molecular weight is 642 g/mol. The molecule has 0 bridgehead atoms. The van der Waals surface area contributed by atoms with Crippen LogP contribution in [0.15, 0.2) is 72.1 Å². The number of carbonyl (C=O) groups is 1. The third-order valence-electron chi connectivity index (χ3n) is 13.4. The van der Waals surface area contributed by atoms with Crippen LogP contribution in [-0.4, -0.2) is 21.4 Å². The van der Waals surface area contributed by atoms with E-state index in [1.807, 2.05) is 0 Å². The summed E-state index contributed by atoms with van der Waals surface area (Å²) in [4.78, 5) is 10.9. The van der Waals surface area contributed by atoms with Crippen LogP contribution < -0.4 is 0 Å². The van der Waals surface area contributed by atoms with E-state index in [9.17, 15) is 4.79 Å². The molecule has 0 saturated heterocycles. The Morgan fingerprint density at radius 3 is 2.13 bits per heavy atom. The van der Waals surface area contributed by atoms with Crippen LogP contribution in [0.3, 0.4) is 0 Å². The number of aldehydes is 1. The van der Waals surface area contributed by atoms with Crippen molar-refractivity contribution in [2.75, 3.05) is 0 Å².